The topological polar surface area (TPSA) is 44.7 Å². The van der Waals surface area contributed by atoms with Gasteiger partial charge in [-0.3, -0.25) is 0 Å². The maximum atomic E-state index is 6.20. The molecule has 6 heteroatoms. The highest BCUT2D eigenvalue weighted by Crippen LogP contribution is 2.42. The van der Waals surface area contributed by atoms with Crippen LogP contribution in [-0.2, 0) is 6.54 Å². The molecule has 0 atom stereocenters. The largest absolute Gasteiger partial charge is 0.436 e. The Morgan fingerprint density at radius 2 is 1.66 bits per heavy atom. The summed E-state index contributed by atoms with van der Waals surface area (Å²) >= 11 is 0. The maximum absolute atomic E-state index is 6.20. The molecule has 1 aromatic heterocycles. The predicted octanol–water partition coefficient (Wildman–Crippen LogP) is 3.98. The number of anilines is 3. The van der Waals surface area contributed by atoms with E-state index in [0.29, 0.717) is 5.88 Å². The Morgan fingerprint density at radius 1 is 0.897 bits per heavy atom. The highest BCUT2D eigenvalue weighted by molar-refractivity contribution is 5.72. The van der Waals surface area contributed by atoms with Crippen LogP contribution in [0.1, 0.15) is 11.1 Å². The molecule has 2 aliphatic rings. The van der Waals surface area contributed by atoms with Crippen LogP contribution < -0.4 is 14.5 Å². The van der Waals surface area contributed by atoms with E-state index in [9.17, 15) is 0 Å². The summed E-state index contributed by atoms with van der Waals surface area (Å²) in [6.07, 6.45) is 0. The molecule has 0 aliphatic carbocycles. The maximum Gasteiger partial charge on any atom is 0.263 e. The fourth-order valence-electron chi connectivity index (χ4n) is 3.87. The van der Waals surface area contributed by atoms with Crippen molar-refractivity contribution in [2.24, 2.45) is 0 Å². The van der Waals surface area contributed by atoms with E-state index in [-0.39, 0.29) is 0 Å². The van der Waals surface area contributed by atoms with Crippen molar-refractivity contribution in [1.29, 1.82) is 0 Å². The number of rotatable bonds is 2. The third-order valence-corrected chi connectivity index (χ3v) is 5.70. The van der Waals surface area contributed by atoms with Gasteiger partial charge >= 0.3 is 0 Å². The van der Waals surface area contributed by atoms with Gasteiger partial charge < -0.3 is 19.4 Å². The molecule has 0 unspecified atom stereocenters. The number of nitrogens with zero attached hydrogens (tertiary/aromatic N) is 5. The number of hydrogen-bond donors (Lipinski definition) is 0. The van der Waals surface area contributed by atoms with Gasteiger partial charge in [-0.05, 0) is 32.2 Å². The third-order valence-electron chi connectivity index (χ3n) is 5.70. The summed E-state index contributed by atoms with van der Waals surface area (Å²) in [6, 6.07) is 18.9. The van der Waals surface area contributed by atoms with Gasteiger partial charge in [-0.25, -0.2) is 0 Å². The van der Waals surface area contributed by atoms with E-state index in [4.69, 9.17) is 4.74 Å². The number of likely N-dealkylation sites (N-methyl/N-ethyl adjacent to an activating group) is 1. The average molecular weight is 387 g/mol. The highest BCUT2D eigenvalue weighted by Gasteiger charge is 2.26. The van der Waals surface area contributed by atoms with Crippen LogP contribution in [0, 0.1) is 6.92 Å². The second-order valence-corrected chi connectivity index (χ2v) is 7.81. The summed E-state index contributed by atoms with van der Waals surface area (Å²) in [4.78, 5) is 6.92. The van der Waals surface area contributed by atoms with E-state index in [1.807, 2.05) is 18.2 Å². The minimum Gasteiger partial charge on any atom is -0.436 e. The van der Waals surface area contributed by atoms with Crippen LogP contribution in [-0.4, -0.2) is 48.3 Å². The monoisotopic (exact) mass is 387 g/mol. The standard InChI is InChI=1S/C23H25N5O/c1-17-7-9-19(10-8-17)28-16-18-5-3-4-6-21(18)29-23-20(28)15-22(24-25-23)27-13-11-26(2)12-14-27/h3-10,15H,11-14,16H2,1-2H3. The summed E-state index contributed by atoms with van der Waals surface area (Å²) in [6.45, 7) is 6.80. The molecule has 0 spiro atoms. The molecule has 2 aliphatic heterocycles. The van der Waals surface area contributed by atoms with E-state index in [1.165, 1.54) is 5.56 Å². The van der Waals surface area contributed by atoms with E-state index < -0.39 is 0 Å². The van der Waals surface area contributed by atoms with Gasteiger partial charge in [0.05, 0.1) is 6.54 Å². The van der Waals surface area contributed by atoms with Crippen molar-refractivity contribution in [3.05, 3.63) is 65.7 Å². The molecule has 6 nitrogen and oxygen atoms in total. The van der Waals surface area contributed by atoms with Crippen LogP contribution in [0.3, 0.4) is 0 Å². The lowest BCUT2D eigenvalue weighted by molar-refractivity contribution is 0.311. The first-order valence-corrected chi connectivity index (χ1v) is 10.1. The molecule has 0 saturated carbocycles. The molecular weight excluding hydrogens is 362 g/mol. The van der Waals surface area contributed by atoms with E-state index in [2.05, 4.69) is 75.3 Å². The Kier molecular flexibility index (Phi) is 4.56. The summed E-state index contributed by atoms with van der Waals surface area (Å²) < 4.78 is 6.20. The molecule has 2 aromatic carbocycles. The van der Waals surface area contributed by atoms with Crippen LogP contribution >= 0.6 is 0 Å². The zero-order valence-corrected chi connectivity index (χ0v) is 16.9. The van der Waals surface area contributed by atoms with Crippen molar-refractivity contribution in [2.75, 3.05) is 43.0 Å². The lowest BCUT2D eigenvalue weighted by atomic mass is 10.1. The number of fused-ring (bicyclic) bond motifs is 2. The summed E-state index contributed by atoms with van der Waals surface area (Å²) in [5, 5.41) is 9.00. The molecule has 29 heavy (non-hydrogen) atoms. The van der Waals surface area contributed by atoms with Crippen molar-refractivity contribution < 1.29 is 4.74 Å². The van der Waals surface area contributed by atoms with Crippen molar-refractivity contribution >= 4 is 17.2 Å². The molecule has 3 heterocycles. The normalized spacial score (nSPS) is 16.6. The van der Waals surface area contributed by atoms with Crippen LogP contribution in [0.5, 0.6) is 11.6 Å². The summed E-state index contributed by atoms with van der Waals surface area (Å²) in [5.74, 6) is 2.29. The number of hydrogen-bond acceptors (Lipinski definition) is 6. The second kappa shape index (κ2) is 7.37. The van der Waals surface area contributed by atoms with Gasteiger partial charge in [0.15, 0.2) is 5.82 Å². The Labute approximate surface area is 171 Å². The lowest BCUT2D eigenvalue weighted by Crippen LogP contribution is -2.44. The van der Waals surface area contributed by atoms with Crippen LogP contribution in [0.25, 0.3) is 0 Å². The second-order valence-electron chi connectivity index (χ2n) is 7.81. The number of benzene rings is 2. The fraction of sp³-hybridized carbons (Fsp3) is 0.304. The third kappa shape index (κ3) is 3.51. The van der Waals surface area contributed by atoms with Crippen molar-refractivity contribution in [3.63, 3.8) is 0 Å². The number of para-hydroxylation sites is 1. The minimum absolute atomic E-state index is 0.549. The van der Waals surface area contributed by atoms with Gasteiger partial charge in [0.1, 0.15) is 11.4 Å². The van der Waals surface area contributed by atoms with Crippen LogP contribution in [0.15, 0.2) is 54.6 Å². The van der Waals surface area contributed by atoms with Crippen LogP contribution in [0.2, 0.25) is 0 Å². The minimum atomic E-state index is 0.549. The quantitative estimate of drug-likeness (QED) is 0.663. The van der Waals surface area contributed by atoms with Gasteiger partial charge in [-0.2, -0.15) is 0 Å². The van der Waals surface area contributed by atoms with Crippen molar-refractivity contribution in [1.82, 2.24) is 15.1 Å². The zero-order chi connectivity index (χ0) is 19.8. The van der Waals surface area contributed by atoms with Gasteiger partial charge in [0.25, 0.3) is 5.88 Å². The molecule has 0 bridgehead atoms. The fourth-order valence-corrected chi connectivity index (χ4v) is 3.87. The summed E-state index contributed by atoms with van der Waals surface area (Å²) in [7, 11) is 2.16. The van der Waals surface area contributed by atoms with Gasteiger partial charge in [-0.15, -0.1) is 10.2 Å². The Balaban J connectivity index is 1.58. The lowest BCUT2D eigenvalue weighted by Gasteiger charge is -2.33. The SMILES string of the molecule is Cc1ccc(N2Cc3ccccc3Oc3nnc(N4CCN(C)CC4)cc32)cc1. The van der Waals surface area contributed by atoms with E-state index in [1.54, 1.807) is 0 Å². The molecule has 0 N–H and O–H groups in total. The molecule has 5 rings (SSSR count). The Bertz CT molecular complexity index is 1010. The Morgan fingerprint density at radius 3 is 2.45 bits per heavy atom. The number of ether oxygens (including phenoxy) is 1. The van der Waals surface area contributed by atoms with Gasteiger partial charge in [0, 0.05) is 43.5 Å². The average Bonchev–Trinajstić information content (AvgIpc) is 2.91. The molecule has 1 saturated heterocycles. The first-order valence-electron chi connectivity index (χ1n) is 10.1. The molecule has 0 amide bonds. The van der Waals surface area contributed by atoms with Crippen molar-refractivity contribution in [2.45, 2.75) is 13.5 Å². The molecule has 3 aromatic rings. The van der Waals surface area contributed by atoms with Crippen LogP contribution in [0.4, 0.5) is 17.2 Å². The molecule has 148 valence electrons. The first-order chi connectivity index (χ1) is 14.2. The molecular formula is C23H25N5O. The van der Waals surface area contributed by atoms with Crippen molar-refractivity contribution in [3.8, 4) is 11.6 Å². The highest BCUT2D eigenvalue weighted by atomic mass is 16.5. The number of piperazine rings is 1. The number of aryl methyl sites for hydroxylation is 1. The molecule has 0 radical (unpaired) electrons. The van der Waals surface area contributed by atoms with E-state index in [0.717, 1.165) is 61.2 Å². The number of aromatic nitrogens is 2. The summed E-state index contributed by atoms with van der Waals surface area (Å²) in [5.41, 5.74) is 4.45. The van der Waals surface area contributed by atoms with Gasteiger partial charge in [-0.1, -0.05) is 35.9 Å². The van der Waals surface area contributed by atoms with E-state index >= 15 is 0 Å². The molecule has 1 fully saturated rings. The first kappa shape index (κ1) is 17.9. The predicted molar refractivity (Wildman–Crippen MR) is 115 cm³/mol. The zero-order valence-electron chi connectivity index (χ0n) is 16.9. The Hall–Kier alpha value is -3.12. The van der Waals surface area contributed by atoms with Gasteiger partial charge in [0.2, 0.25) is 0 Å². The smallest absolute Gasteiger partial charge is 0.263 e.